The van der Waals surface area contributed by atoms with E-state index in [4.69, 9.17) is 13.9 Å². The maximum atomic E-state index is 12.6. The van der Waals surface area contributed by atoms with Crippen molar-refractivity contribution < 1.29 is 18.7 Å². The van der Waals surface area contributed by atoms with Crippen LogP contribution in [0.15, 0.2) is 59.1 Å². The molecule has 4 aromatic rings. The van der Waals surface area contributed by atoms with Crippen molar-refractivity contribution in [3.8, 4) is 22.7 Å². The number of nitrogens with one attached hydrogen (secondary N) is 1. The second-order valence-electron chi connectivity index (χ2n) is 9.62. The zero-order valence-corrected chi connectivity index (χ0v) is 19.7. The molecule has 1 amide bonds. The van der Waals surface area contributed by atoms with Gasteiger partial charge in [0.15, 0.2) is 17.5 Å². The SMILES string of the molecule is CC1(C)OC[C@@H](C(=O)N[C@H]2CC[C@@H](n3nncc3-c3ccc(-c4nc5ccccc5o4)cc3)C2)O1. The molecule has 3 heterocycles. The van der Waals surface area contributed by atoms with Crippen LogP contribution in [0.2, 0.25) is 0 Å². The third kappa shape index (κ3) is 4.33. The van der Waals surface area contributed by atoms with Crippen molar-refractivity contribution in [1.82, 2.24) is 25.3 Å². The van der Waals surface area contributed by atoms with Crippen molar-refractivity contribution in [3.05, 3.63) is 54.7 Å². The Hall–Kier alpha value is -3.56. The number of nitrogens with zero attached hydrogens (tertiary/aromatic N) is 4. The summed E-state index contributed by atoms with van der Waals surface area (Å²) >= 11 is 0. The molecule has 180 valence electrons. The minimum absolute atomic E-state index is 0.0680. The van der Waals surface area contributed by atoms with Gasteiger partial charge >= 0.3 is 0 Å². The van der Waals surface area contributed by atoms with Crippen LogP contribution in [-0.4, -0.2) is 50.4 Å². The zero-order valence-electron chi connectivity index (χ0n) is 19.7. The van der Waals surface area contributed by atoms with Crippen LogP contribution < -0.4 is 5.32 Å². The Morgan fingerprint density at radius 2 is 1.89 bits per heavy atom. The number of carbonyl (C=O) groups excluding carboxylic acids is 1. The Morgan fingerprint density at radius 1 is 1.09 bits per heavy atom. The molecular weight excluding hydrogens is 446 g/mol. The fraction of sp³-hybridized carbons (Fsp3) is 0.385. The van der Waals surface area contributed by atoms with Gasteiger partial charge in [0.1, 0.15) is 5.52 Å². The van der Waals surface area contributed by atoms with E-state index in [1.807, 2.05) is 67.1 Å². The maximum Gasteiger partial charge on any atom is 0.251 e. The van der Waals surface area contributed by atoms with Crippen molar-refractivity contribution in [2.45, 2.75) is 57.1 Å². The molecule has 1 aliphatic heterocycles. The van der Waals surface area contributed by atoms with Crippen molar-refractivity contribution in [1.29, 1.82) is 0 Å². The number of para-hydroxylation sites is 2. The Morgan fingerprint density at radius 3 is 2.66 bits per heavy atom. The van der Waals surface area contributed by atoms with Crippen LogP contribution in [-0.2, 0) is 14.3 Å². The molecule has 2 aromatic carbocycles. The van der Waals surface area contributed by atoms with Crippen LogP contribution in [0.3, 0.4) is 0 Å². The first-order valence-corrected chi connectivity index (χ1v) is 11.9. The monoisotopic (exact) mass is 473 g/mol. The van der Waals surface area contributed by atoms with Gasteiger partial charge in [-0.2, -0.15) is 0 Å². The largest absolute Gasteiger partial charge is 0.436 e. The summed E-state index contributed by atoms with van der Waals surface area (Å²) in [7, 11) is 0. The van der Waals surface area contributed by atoms with Crippen LogP contribution in [0.4, 0.5) is 0 Å². The van der Waals surface area contributed by atoms with Gasteiger partial charge in [-0.15, -0.1) is 5.10 Å². The number of rotatable bonds is 5. The highest BCUT2D eigenvalue weighted by molar-refractivity contribution is 5.81. The third-order valence-corrected chi connectivity index (χ3v) is 6.69. The molecule has 0 spiro atoms. The van der Waals surface area contributed by atoms with E-state index in [1.54, 1.807) is 6.20 Å². The molecule has 1 saturated heterocycles. The lowest BCUT2D eigenvalue weighted by atomic mass is 10.1. The van der Waals surface area contributed by atoms with Gasteiger partial charge in [0.25, 0.3) is 5.91 Å². The molecule has 1 saturated carbocycles. The number of carbonyl (C=O) groups is 1. The molecule has 1 N–H and O–H groups in total. The van der Waals surface area contributed by atoms with Crippen LogP contribution in [0.5, 0.6) is 0 Å². The topological polar surface area (TPSA) is 104 Å². The van der Waals surface area contributed by atoms with Crippen molar-refractivity contribution in [2.24, 2.45) is 0 Å². The molecule has 0 unspecified atom stereocenters. The van der Waals surface area contributed by atoms with Gasteiger partial charge in [0.2, 0.25) is 5.89 Å². The summed E-state index contributed by atoms with van der Waals surface area (Å²) in [5.74, 6) is -0.236. The summed E-state index contributed by atoms with van der Waals surface area (Å²) in [5, 5.41) is 11.7. The van der Waals surface area contributed by atoms with E-state index in [0.717, 1.165) is 47.2 Å². The third-order valence-electron chi connectivity index (χ3n) is 6.69. The minimum atomic E-state index is -0.716. The van der Waals surface area contributed by atoms with Gasteiger partial charge in [-0.25, -0.2) is 9.67 Å². The molecule has 2 fully saturated rings. The summed E-state index contributed by atoms with van der Waals surface area (Å²) in [4.78, 5) is 17.2. The van der Waals surface area contributed by atoms with Gasteiger partial charge in [-0.3, -0.25) is 4.79 Å². The molecular formula is C26H27N5O4. The average molecular weight is 474 g/mol. The lowest BCUT2D eigenvalue weighted by Crippen LogP contribution is -2.42. The fourth-order valence-electron chi connectivity index (χ4n) is 4.92. The fourth-order valence-corrected chi connectivity index (χ4v) is 4.92. The molecule has 35 heavy (non-hydrogen) atoms. The van der Waals surface area contributed by atoms with E-state index in [1.165, 1.54) is 0 Å². The molecule has 2 aromatic heterocycles. The summed E-state index contributed by atoms with van der Waals surface area (Å²) in [5.41, 5.74) is 4.48. The molecule has 3 atom stereocenters. The summed E-state index contributed by atoms with van der Waals surface area (Å²) in [6.45, 7) is 3.91. The van der Waals surface area contributed by atoms with Crippen LogP contribution >= 0.6 is 0 Å². The second-order valence-corrected chi connectivity index (χ2v) is 9.62. The summed E-state index contributed by atoms with van der Waals surface area (Å²) in [6, 6.07) is 16.0. The van der Waals surface area contributed by atoms with Gasteiger partial charge < -0.3 is 19.2 Å². The molecule has 9 nitrogen and oxygen atoms in total. The van der Waals surface area contributed by atoms with Crippen LogP contribution in [0.1, 0.15) is 39.2 Å². The smallest absolute Gasteiger partial charge is 0.251 e. The molecule has 0 bridgehead atoms. The van der Waals surface area contributed by atoms with Gasteiger partial charge in [-0.05, 0) is 57.4 Å². The highest BCUT2D eigenvalue weighted by atomic mass is 16.7. The van der Waals surface area contributed by atoms with E-state index in [-0.39, 0.29) is 24.6 Å². The zero-order chi connectivity index (χ0) is 24.0. The predicted molar refractivity (Wildman–Crippen MR) is 128 cm³/mol. The molecule has 0 radical (unpaired) electrons. The normalized spacial score (nSPS) is 23.7. The first-order chi connectivity index (χ1) is 16.9. The molecule has 2 aliphatic rings. The maximum absolute atomic E-state index is 12.6. The summed E-state index contributed by atoms with van der Waals surface area (Å²) < 4.78 is 19.1. The minimum Gasteiger partial charge on any atom is -0.436 e. The van der Waals surface area contributed by atoms with Crippen molar-refractivity contribution in [3.63, 3.8) is 0 Å². The van der Waals surface area contributed by atoms with Crippen molar-refractivity contribution in [2.75, 3.05) is 6.61 Å². The second kappa shape index (κ2) is 8.58. The highest BCUT2D eigenvalue weighted by Crippen LogP contribution is 2.34. The van der Waals surface area contributed by atoms with Crippen LogP contribution in [0.25, 0.3) is 33.8 Å². The number of amides is 1. The number of hydrogen-bond donors (Lipinski definition) is 1. The Kier molecular flexibility index (Phi) is 5.38. The number of hydrogen-bond acceptors (Lipinski definition) is 7. The highest BCUT2D eigenvalue weighted by Gasteiger charge is 2.38. The van der Waals surface area contributed by atoms with Gasteiger partial charge in [0.05, 0.1) is 24.5 Å². The Labute approximate surface area is 202 Å². The number of fused-ring (bicyclic) bond motifs is 1. The lowest BCUT2D eigenvalue weighted by Gasteiger charge is -2.19. The van der Waals surface area contributed by atoms with E-state index < -0.39 is 11.9 Å². The predicted octanol–water partition coefficient (Wildman–Crippen LogP) is 4.11. The number of ether oxygens (including phenoxy) is 2. The first kappa shape index (κ1) is 21.9. The van der Waals surface area contributed by atoms with E-state index in [2.05, 4.69) is 20.6 Å². The van der Waals surface area contributed by atoms with Crippen molar-refractivity contribution >= 4 is 17.0 Å². The molecule has 1 aliphatic carbocycles. The Balaban J connectivity index is 1.14. The van der Waals surface area contributed by atoms with E-state index >= 15 is 0 Å². The Bertz CT molecular complexity index is 1330. The molecule has 6 rings (SSSR count). The lowest BCUT2D eigenvalue weighted by molar-refractivity contribution is -0.153. The van der Waals surface area contributed by atoms with Gasteiger partial charge in [-0.1, -0.05) is 29.5 Å². The van der Waals surface area contributed by atoms with E-state index in [0.29, 0.717) is 5.89 Å². The first-order valence-electron chi connectivity index (χ1n) is 11.9. The number of oxazole rings is 1. The van der Waals surface area contributed by atoms with Gasteiger partial charge in [0, 0.05) is 17.2 Å². The molecule has 9 heteroatoms. The summed E-state index contributed by atoms with van der Waals surface area (Å²) in [6.07, 6.45) is 3.80. The quantitative estimate of drug-likeness (QED) is 0.465. The standard InChI is InChI=1S/C26H27N5O4/c1-26(2)33-15-23(35-26)24(32)28-18-11-12-19(13-18)31-21(14-27-30-31)16-7-9-17(10-8-16)25-29-20-5-3-4-6-22(20)34-25/h3-10,14,18-19,23H,11-13,15H2,1-2H3,(H,28,32)/t18-,19+,23-/m0/s1. The number of aromatic nitrogens is 4. The average Bonchev–Trinajstić information content (AvgIpc) is 3.64. The number of benzene rings is 2. The van der Waals surface area contributed by atoms with Crippen LogP contribution in [0, 0.1) is 0 Å². The van der Waals surface area contributed by atoms with E-state index in [9.17, 15) is 4.79 Å².